The van der Waals surface area contributed by atoms with Crippen LogP contribution in [0.1, 0.15) is 19.8 Å². The van der Waals surface area contributed by atoms with Crippen molar-refractivity contribution in [3.63, 3.8) is 0 Å². The number of aliphatic carboxylic acids is 1. The Hall–Kier alpha value is -0.0500. The van der Waals surface area contributed by atoms with Gasteiger partial charge in [-0.3, -0.25) is 4.79 Å². The van der Waals surface area contributed by atoms with E-state index in [-0.39, 0.29) is 5.92 Å². The lowest BCUT2D eigenvalue weighted by Crippen LogP contribution is -2.46. The minimum Gasteiger partial charge on any atom is -0.480 e. The van der Waals surface area contributed by atoms with Crippen molar-refractivity contribution in [2.75, 3.05) is 0 Å². The van der Waals surface area contributed by atoms with Crippen LogP contribution >= 0.6 is 15.9 Å². The highest BCUT2D eigenvalue weighted by molar-refractivity contribution is 9.10. The number of alkyl halides is 1. The second kappa shape index (κ2) is 1.97. The van der Waals surface area contributed by atoms with Gasteiger partial charge in [0.15, 0.2) is 0 Å². The maximum absolute atomic E-state index is 10.5. The van der Waals surface area contributed by atoms with E-state index in [1.165, 1.54) is 0 Å². The van der Waals surface area contributed by atoms with Crippen LogP contribution in [0.5, 0.6) is 0 Å². The Balaban J connectivity index is 2.64. The predicted octanol–water partition coefficient (Wildman–Crippen LogP) is 1.63. The molecule has 2 atom stereocenters. The van der Waals surface area contributed by atoms with Crippen LogP contribution in [0.25, 0.3) is 0 Å². The first-order valence-electron chi connectivity index (χ1n) is 2.99. The molecule has 0 radical (unpaired) electrons. The minimum absolute atomic E-state index is 0.287. The Morgan fingerprint density at radius 3 is 2.44 bits per heavy atom. The monoisotopic (exact) mass is 192 g/mol. The van der Waals surface area contributed by atoms with E-state index in [1.807, 2.05) is 6.92 Å². The third-order valence-electron chi connectivity index (χ3n) is 2.08. The molecule has 0 bridgehead atoms. The van der Waals surface area contributed by atoms with Crippen LogP contribution in [-0.2, 0) is 4.79 Å². The Morgan fingerprint density at radius 1 is 1.89 bits per heavy atom. The van der Waals surface area contributed by atoms with Crippen molar-refractivity contribution in [1.82, 2.24) is 0 Å². The van der Waals surface area contributed by atoms with Crippen LogP contribution in [0.2, 0.25) is 0 Å². The van der Waals surface area contributed by atoms with Gasteiger partial charge in [0.05, 0.1) is 0 Å². The zero-order valence-corrected chi connectivity index (χ0v) is 6.81. The maximum atomic E-state index is 10.5. The van der Waals surface area contributed by atoms with E-state index >= 15 is 0 Å². The summed E-state index contributed by atoms with van der Waals surface area (Å²) in [6, 6.07) is 0. The fraction of sp³-hybridized carbons (Fsp3) is 0.833. The van der Waals surface area contributed by atoms with Crippen LogP contribution in [0.15, 0.2) is 0 Å². The van der Waals surface area contributed by atoms with E-state index in [2.05, 4.69) is 15.9 Å². The highest BCUT2D eigenvalue weighted by Crippen LogP contribution is 2.45. The van der Waals surface area contributed by atoms with Crippen molar-refractivity contribution in [1.29, 1.82) is 0 Å². The van der Waals surface area contributed by atoms with Crippen LogP contribution in [-0.4, -0.2) is 15.4 Å². The molecule has 52 valence electrons. The molecule has 1 aliphatic carbocycles. The summed E-state index contributed by atoms with van der Waals surface area (Å²) in [7, 11) is 0. The maximum Gasteiger partial charge on any atom is 0.320 e. The van der Waals surface area contributed by atoms with Crippen LogP contribution < -0.4 is 0 Å². The second-order valence-corrected chi connectivity index (χ2v) is 4.02. The number of carboxylic acid groups (broad SMARTS) is 1. The largest absolute Gasteiger partial charge is 0.480 e. The van der Waals surface area contributed by atoms with Gasteiger partial charge in [0.1, 0.15) is 4.32 Å². The predicted molar refractivity (Wildman–Crippen MR) is 37.7 cm³/mol. The van der Waals surface area contributed by atoms with Gasteiger partial charge in [-0.1, -0.05) is 22.9 Å². The molecule has 3 heteroatoms. The number of halogens is 1. The molecule has 0 saturated heterocycles. The average molecular weight is 193 g/mol. The molecule has 1 saturated carbocycles. The first kappa shape index (κ1) is 7.06. The topological polar surface area (TPSA) is 37.3 Å². The quantitative estimate of drug-likeness (QED) is 0.642. The lowest BCUT2D eigenvalue weighted by molar-refractivity contribution is -0.143. The van der Waals surface area contributed by atoms with E-state index in [1.54, 1.807) is 0 Å². The number of carbonyl (C=O) groups is 1. The lowest BCUT2D eigenvalue weighted by Gasteiger charge is -2.39. The number of hydrogen-bond donors (Lipinski definition) is 1. The lowest BCUT2D eigenvalue weighted by atomic mass is 9.75. The van der Waals surface area contributed by atoms with Crippen molar-refractivity contribution in [2.24, 2.45) is 5.92 Å². The van der Waals surface area contributed by atoms with Gasteiger partial charge >= 0.3 is 5.97 Å². The first-order chi connectivity index (χ1) is 4.07. The van der Waals surface area contributed by atoms with Crippen molar-refractivity contribution < 1.29 is 9.90 Å². The molecular weight excluding hydrogens is 184 g/mol. The normalized spacial score (nSPS) is 41.8. The summed E-state index contributed by atoms with van der Waals surface area (Å²) >= 11 is 3.20. The molecule has 2 nitrogen and oxygen atoms in total. The molecule has 1 aliphatic rings. The summed E-state index contributed by atoms with van der Waals surface area (Å²) in [5, 5.41) is 8.62. The molecule has 0 aromatic heterocycles. The second-order valence-electron chi connectivity index (χ2n) is 2.61. The summed E-state index contributed by atoms with van der Waals surface area (Å²) in [5.74, 6) is -0.434. The summed E-state index contributed by atoms with van der Waals surface area (Å²) in [4.78, 5) is 10.5. The Kier molecular flexibility index (Phi) is 1.55. The van der Waals surface area contributed by atoms with Gasteiger partial charge in [0.2, 0.25) is 0 Å². The molecule has 0 aromatic carbocycles. The molecule has 0 heterocycles. The van der Waals surface area contributed by atoms with Gasteiger partial charge in [-0.15, -0.1) is 0 Å². The summed E-state index contributed by atoms with van der Waals surface area (Å²) in [6.45, 7) is 1.95. The smallest absolute Gasteiger partial charge is 0.320 e. The molecule has 0 spiro atoms. The highest BCUT2D eigenvalue weighted by Gasteiger charge is 2.48. The van der Waals surface area contributed by atoms with Crippen molar-refractivity contribution >= 4 is 21.9 Å². The molecule has 0 aromatic rings. The summed E-state index contributed by atoms with van der Waals surface area (Å²) < 4.78 is -0.590. The van der Waals surface area contributed by atoms with E-state index in [4.69, 9.17) is 5.11 Å². The molecular formula is C6H9BrO2. The average Bonchev–Trinajstić information content (AvgIpc) is 1.82. The Labute approximate surface area is 62.4 Å². The van der Waals surface area contributed by atoms with Crippen LogP contribution in [0, 0.1) is 5.92 Å². The highest BCUT2D eigenvalue weighted by atomic mass is 79.9. The summed E-state index contributed by atoms with van der Waals surface area (Å²) in [5.41, 5.74) is 0. The third-order valence-corrected chi connectivity index (χ3v) is 3.60. The third kappa shape index (κ3) is 0.874. The molecule has 0 aliphatic heterocycles. The minimum atomic E-state index is -0.721. The zero-order valence-electron chi connectivity index (χ0n) is 5.22. The SMILES string of the molecule is CC1CCC1(Br)C(=O)O. The zero-order chi connectivity index (χ0) is 7.07. The van der Waals surface area contributed by atoms with Crippen molar-refractivity contribution in [3.05, 3.63) is 0 Å². The van der Waals surface area contributed by atoms with E-state index < -0.39 is 10.3 Å². The van der Waals surface area contributed by atoms with Gasteiger partial charge in [0, 0.05) is 0 Å². The Bertz CT molecular complexity index is 146. The molecule has 1 fully saturated rings. The Morgan fingerprint density at radius 2 is 2.44 bits per heavy atom. The molecule has 1 rings (SSSR count). The standard InChI is InChI=1S/C6H9BrO2/c1-4-2-3-6(4,7)5(8)9/h4H,2-3H2,1H3,(H,8,9). The number of rotatable bonds is 1. The fourth-order valence-electron chi connectivity index (χ4n) is 1.00. The van der Waals surface area contributed by atoms with Crippen LogP contribution in [0.3, 0.4) is 0 Å². The van der Waals surface area contributed by atoms with Gasteiger partial charge in [0.25, 0.3) is 0 Å². The molecule has 0 amide bonds. The molecule has 9 heavy (non-hydrogen) atoms. The van der Waals surface area contributed by atoms with Crippen LogP contribution in [0.4, 0.5) is 0 Å². The van der Waals surface area contributed by atoms with Gasteiger partial charge in [-0.2, -0.15) is 0 Å². The first-order valence-corrected chi connectivity index (χ1v) is 3.79. The van der Waals surface area contributed by atoms with E-state index in [0.717, 1.165) is 12.8 Å². The van der Waals surface area contributed by atoms with E-state index in [0.29, 0.717) is 0 Å². The molecule has 1 N–H and O–H groups in total. The van der Waals surface area contributed by atoms with Gasteiger partial charge in [-0.25, -0.2) is 0 Å². The van der Waals surface area contributed by atoms with Gasteiger partial charge in [-0.05, 0) is 18.8 Å². The fourth-order valence-corrected chi connectivity index (χ4v) is 1.46. The molecule has 2 unspecified atom stereocenters. The number of carboxylic acids is 1. The summed E-state index contributed by atoms with van der Waals surface area (Å²) in [6.07, 6.45) is 1.79. The van der Waals surface area contributed by atoms with E-state index in [9.17, 15) is 4.79 Å². The van der Waals surface area contributed by atoms with Crippen molar-refractivity contribution in [3.8, 4) is 0 Å². The van der Waals surface area contributed by atoms with Crippen molar-refractivity contribution in [2.45, 2.75) is 24.1 Å². The number of hydrogen-bond acceptors (Lipinski definition) is 1. The van der Waals surface area contributed by atoms with Gasteiger partial charge < -0.3 is 5.11 Å².